The Balaban J connectivity index is 2.18. The molecule has 0 radical (unpaired) electrons. The molecule has 1 aromatic carbocycles. The van der Waals surface area contributed by atoms with Crippen molar-refractivity contribution in [3.05, 3.63) is 57.3 Å². The normalized spacial score (nSPS) is 12.2. The molecular weight excluding hydrogens is 324 g/mol. The van der Waals surface area contributed by atoms with Gasteiger partial charge in [-0.25, -0.2) is 4.98 Å². The predicted molar refractivity (Wildman–Crippen MR) is 84.8 cm³/mol. The molecule has 4 heteroatoms. The molecule has 0 fully saturated rings. The fraction of sp³-hybridized carbons (Fsp3) is 0.267. The molecule has 0 bridgehead atoms. The number of anilines is 1. The van der Waals surface area contributed by atoms with E-state index in [1.54, 1.807) is 0 Å². The Bertz CT molecular complexity index is 555. The van der Waals surface area contributed by atoms with Crippen molar-refractivity contribution in [3.63, 3.8) is 0 Å². The number of aromatic nitrogens is 1. The molecule has 0 aliphatic carbocycles. The number of hydrogen-bond donors (Lipinski definition) is 1. The van der Waals surface area contributed by atoms with Crippen molar-refractivity contribution < 1.29 is 0 Å². The maximum absolute atomic E-state index is 5.92. The van der Waals surface area contributed by atoms with Crippen LogP contribution in [0.1, 0.15) is 30.5 Å². The third kappa shape index (κ3) is 3.71. The lowest BCUT2D eigenvalue weighted by molar-refractivity contribution is 0.748. The first-order chi connectivity index (χ1) is 9.10. The maximum Gasteiger partial charge on any atom is 0.109 e. The van der Waals surface area contributed by atoms with E-state index in [-0.39, 0.29) is 6.04 Å². The minimum Gasteiger partial charge on any atom is -0.377 e. The van der Waals surface area contributed by atoms with Crippen molar-refractivity contribution in [2.45, 2.75) is 26.3 Å². The van der Waals surface area contributed by atoms with Crippen LogP contribution in [-0.4, -0.2) is 4.98 Å². The summed E-state index contributed by atoms with van der Waals surface area (Å²) in [6.07, 6.45) is 2.84. The van der Waals surface area contributed by atoms with E-state index in [0.29, 0.717) is 0 Å². The van der Waals surface area contributed by atoms with Crippen LogP contribution in [0.25, 0.3) is 0 Å². The van der Waals surface area contributed by atoms with E-state index in [0.717, 1.165) is 27.3 Å². The Kier molecular flexibility index (Phi) is 4.83. The lowest BCUT2D eigenvalue weighted by Gasteiger charge is -2.19. The standard InChI is InChI=1S/C15H16BrClN2/c1-3-14(11-4-6-12(17)7-5-11)19-13-8-10(2)15(16)18-9-13/h4-9,14,19H,3H2,1-2H3. The Morgan fingerprint density at radius 1 is 1.32 bits per heavy atom. The molecule has 0 saturated carbocycles. The van der Waals surface area contributed by atoms with Gasteiger partial charge in [-0.05, 0) is 58.6 Å². The topological polar surface area (TPSA) is 24.9 Å². The van der Waals surface area contributed by atoms with Gasteiger partial charge in [-0.2, -0.15) is 0 Å². The van der Waals surface area contributed by atoms with Crippen molar-refractivity contribution in [2.75, 3.05) is 5.32 Å². The summed E-state index contributed by atoms with van der Waals surface area (Å²) in [5.41, 5.74) is 3.38. The number of rotatable bonds is 4. The molecule has 0 aliphatic rings. The molecule has 1 unspecified atom stereocenters. The first-order valence-electron chi connectivity index (χ1n) is 6.24. The summed E-state index contributed by atoms with van der Waals surface area (Å²) in [6.45, 7) is 4.19. The van der Waals surface area contributed by atoms with Gasteiger partial charge in [0.15, 0.2) is 0 Å². The van der Waals surface area contributed by atoms with Crippen molar-refractivity contribution >= 4 is 33.2 Å². The average Bonchev–Trinajstić information content (AvgIpc) is 2.41. The van der Waals surface area contributed by atoms with Crippen LogP contribution in [0.5, 0.6) is 0 Å². The smallest absolute Gasteiger partial charge is 0.109 e. The highest BCUT2D eigenvalue weighted by Gasteiger charge is 2.09. The summed E-state index contributed by atoms with van der Waals surface area (Å²) in [5.74, 6) is 0. The van der Waals surface area contributed by atoms with Crippen molar-refractivity contribution in [3.8, 4) is 0 Å². The van der Waals surface area contributed by atoms with E-state index in [2.05, 4.69) is 51.4 Å². The fourth-order valence-electron chi connectivity index (χ4n) is 1.95. The van der Waals surface area contributed by atoms with Crippen LogP contribution in [0.3, 0.4) is 0 Å². The van der Waals surface area contributed by atoms with Crippen LogP contribution in [0, 0.1) is 6.92 Å². The zero-order chi connectivity index (χ0) is 13.8. The Morgan fingerprint density at radius 2 is 2.00 bits per heavy atom. The molecule has 0 saturated heterocycles. The molecular formula is C15H16BrClN2. The van der Waals surface area contributed by atoms with E-state index in [9.17, 15) is 0 Å². The average molecular weight is 340 g/mol. The molecule has 100 valence electrons. The summed E-state index contributed by atoms with van der Waals surface area (Å²) >= 11 is 9.33. The Morgan fingerprint density at radius 3 is 2.58 bits per heavy atom. The summed E-state index contributed by atoms with van der Waals surface area (Å²) < 4.78 is 0.887. The number of aryl methyl sites for hydroxylation is 1. The van der Waals surface area contributed by atoms with E-state index >= 15 is 0 Å². The molecule has 1 aromatic heterocycles. The monoisotopic (exact) mass is 338 g/mol. The number of nitrogens with one attached hydrogen (secondary N) is 1. The van der Waals surface area contributed by atoms with Crippen LogP contribution in [-0.2, 0) is 0 Å². The molecule has 0 spiro atoms. The minimum absolute atomic E-state index is 0.264. The molecule has 19 heavy (non-hydrogen) atoms. The second-order valence-corrected chi connectivity index (χ2v) is 5.68. The SMILES string of the molecule is CCC(Nc1cnc(Br)c(C)c1)c1ccc(Cl)cc1. The second-order valence-electron chi connectivity index (χ2n) is 4.49. The molecule has 1 N–H and O–H groups in total. The van der Waals surface area contributed by atoms with Crippen LogP contribution >= 0.6 is 27.5 Å². The third-order valence-corrected chi connectivity index (χ3v) is 4.12. The lowest BCUT2D eigenvalue weighted by Crippen LogP contribution is -2.10. The second kappa shape index (κ2) is 6.40. The van der Waals surface area contributed by atoms with E-state index in [1.165, 1.54) is 5.56 Å². The van der Waals surface area contributed by atoms with Gasteiger partial charge < -0.3 is 5.32 Å². The summed E-state index contributed by atoms with van der Waals surface area (Å²) in [6, 6.07) is 10.3. The summed E-state index contributed by atoms with van der Waals surface area (Å²) in [7, 11) is 0. The first kappa shape index (κ1) is 14.4. The zero-order valence-electron chi connectivity index (χ0n) is 11.0. The first-order valence-corrected chi connectivity index (χ1v) is 7.41. The van der Waals surface area contributed by atoms with Crippen molar-refractivity contribution in [2.24, 2.45) is 0 Å². The zero-order valence-corrected chi connectivity index (χ0v) is 13.3. The highest BCUT2D eigenvalue weighted by molar-refractivity contribution is 9.10. The lowest BCUT2D eigenvalue weighted by atomic mass is 10.0. The molecule has 0 amide bonds. The molecule has 0 aliphatic heterocycles. The highest BCUT2D eigenvalue weighted by Crippen LogP contribution is 2.25. The van der Waals surface area contributed by atoms with Gasteiger partial charge in [-0.1, -0.05) is 30.7 Å². The molecule has 2 aromatic rings. The van der Waals surface area contributed by atoms with Gasteiger partial charge in [0.1, 0.15) is 4.60 Å². The van der Waals surface area contributed by atoms with Crippen molar-refractivity contribution in [1.29, 1.82) is 0 Å². The van der Waals surface area contributed by atoms with Crippen LogP contribution in [0.4, 0.5) is 5.69 Å². The molecule has 2 rings (SSSR count). The summed E-state index contributed by atoms with van der Waals surface area (Å²) in [5, 5.41) is 4.27. The molecule has 1 atom stereocenters. The van der Waals surface area contributed by atoms with Crippen LogP contribution in [0.15, 0.2) is 41.1 Å². The maximum atomic E-state index is 5.92. The number of hydrogen-bond acceptors (Lipinski definition) is 2. The molecule has 1 heterocycles. The Labute approximate surface area is 127 Å². The number of pyridine rings is 1. The number of nitrogens with zero attached hydrogens (tertiary/aromatic N) is 1. The van der Waals surface area contributed by atoms with Gasteiger partial charge in [-0.15, -0.1) is 0 Å². The van der Waals surface area contributed by atoms with Crippen LogP contribution < -0.4 is 5.32 Å². The van der Waals surface area contributed by atoms with E-state index in [4.69, 9.17) is 11.6 Å². The summed E-state index contributed by atoms with van der Waals surface area (Å²) in [4.78, 5) is 4.31. The van der Waals surface area contributed by atoms with Gasteiger partial charge in [0.25, 0.3) is 0 Å². The Hall–Kier alpha value is -1.06. The fourth-order valence-corrected chi connectivity index (χ4v) is 2.30. The van der Waals surface area contributed by atoms with Gasteiger partial charge in [0, 0.05) is 5.02 Å². The van der Waals surface area contributed by atoms with E-state index < -0.39 is 0 Å². The van der Waals surface area contributed by atoms with Crippen molar-refractivity contribution in [1.82, 2.24) is 4.98 Å². The van der Waals surface area contributed by atoms with Gasteiger partial charge in [-0.3, -0.25) is 0 Å². The number of halogens is 2. The van der Waals surface area contributed by atoms with E-state index in [1.807, 2.05) is 25.3 Å². The van der Waals surface area contributed by atoms with Crippen LogP contribution in [0.2, 0.25) is 5.02 Å². The largest absolute Gasteiger partial charge is 0.377 e. The van der Waals surface area contributed by atoms with Gasteiger partial charge >= 0.3 is 0 Å². The highest BCUT2D eigenvalue weighted by atomic mass is 79.9. The minimum atomic E-state index is 0.264. The number of benzene rings is 1. The quantitative estimate of drug-likeness (QED) is 0.758. The third-order valence-electron chi connectivity index (χ3n) is 3.04. The predicted octanol–water partition coefficient (Wildman–Crippen LogP) is 5.37. The molecule has 2 nitrogen and oxygen atoms in total. The van der Waals surface area contributed by atoms with Gasteiger partial charge in [0.05, 0.1) is 17.9 Å². The van der Waals surface area contributed by atoms with Gasteiger partial charge in [0.2, 0.25) is 0 Å².